The first-order valence-corrected chi connectivity index (χ1v) is 8.73. The Morgan fingerprint density at radius 3 is 2.81 bits per heavy atom. The van der Waals surface area contributed by atoms with Crippen LogP contribution in [0.25, 0.3) is 11.0 Å². The van der Waals surface area contributed by atoms with E-state index in [1.165, 1.54) is 0 Å². The fourth-order valence-electron chi connectivity index (χ4n) is 3.39. The summed E-state index contributed by atoms with van der Waals surface area (Å²) in [5.74, 6) is 1.53. The first-order chi connectivity index (χ1) is 12.6. The molecule has 0 radical (unpaired) electrons. The fraction of sp³-hybridized carbons (Fsp3) is 0.389. The molecule has 26 heavy (non-hydrogen) atoms. The Kier molecular flexibility index (Phi) is 4.24. The van der Waals surface area contributed by atoms with Gasteiger partial charge in [0.15, 0.2) is 5.65 Å². The molecule has 4 heterocycles. The maximum Gasteiger partial charge on any atom is 0.228 e. The van der Waals surface area contributed by atoms with Gasteiger partial charge in [-0.25, -0.2) is 15.0 Å². The zero-order chi connectivity index (χ0) is 18.1. The lowest BCUT2D eigenvalue weighted by Gasteiger charge is -2.32. The van der Waals surface area contributed by atoms with E-state index in [1.807, 2.05) is 26.1 Å². The molecule has 3 aromatic rings. The molecule has 134 valence electrons. The molecule has 0 bridgehead atoms. The summed E-state index contributed by atoms with van der Waals surface area (Å²) < 4.78 is 1.75. The standard InChI is InChI=1S/C18H21N7O/c1-12-3-6-19-15(9-12)23-18(26)13-4-7-25(8-5-13)17-14-10-22-24(2)16(14)20-11-21-17/h3,6,9-11,13H,4-5,7-8H2,1-2H3,(H,19,23,26). The van der Waals surface area contributed by atoms with Gasteiger partial charge in [-0.15, -0.1) is 0 Å². The molecule has 8 heteroatoms. The number of hydrogen-bond donors (Lipinski definition) is 1. The number of fused-ring (bicyclic) bond motifs is 1. The molecule has 1 amide bonds. The number of rotatable bonds is 3. The lowest BCUT2D eigenvalue weighted by Crippen LogP contribution is -2.38. The maximum absolute atomic E-state index is 12.5. The second kappa shape index (κ2) is 6.70. The van der Waals surface area contributed by atoms with Gasteiger partial charge in [-0.2, -0.15) is 5.10 Å². The molecule has 8 nitrogen and oxygen atoms in total. The number of aromatic nitrogens is 5. The Bertz CT molecular complexity index is 944. The van der Waals surface area contributed by atoms with E-state index in [0.29, 0.717) is 5.82 Å². The molecule has 0 aromatic carbocycles. The molecule has 0 unspecified atom stereocenters. The number of pyridine rings is 1. The molecule has 1 N–H and O–H groups in total. The minimum Gasteiger partial charge on any atom is -0.356 e. The topological polar surface area (TPSA) is 88.8 Å². The number of nitrogens with zero attached hydrogens (tertiary/aromatic N) is 6. The van der Waals surface area contributed by atoms with Crippen LogP contribution in [0.4, 0.5) is 11.6 Å². The smallest absolute Gasteiger partial charge is 0.228 e. The van der Waals surface area contributed by atoms with Crippen molar-refractivity contribution in [2.45, 2.75) is 19.8 Å². The molecule has 1 aliphatic rings. The summed E-state index contributed by atoms with van der Waals surface area (Å²) in [6, 6.07) is 3.79. The Morgan fingerprint density at radius 2 is 2.04 bits per heavy atom. The number of carbonyl (C=O) groups is 1. The van der Waals surface area contributed by atoms with Crippen LogP contribution < -0.4 is 10.2 Å². The van der Waals surface area contributed by atoms with Crippen LogP contribution in [0.1, 0.15) is 18.4 Å². The van der Waals surface area contributed by atoms with Crippen molar-refractivity contribution in [1.29, 1.82) is 0 Å². The lowest BCUT2D eigenvalue weighted by atomic mass is 9.96. The van der Waals surface area contributed by atoms with Gasteiger partial charge in [0.25, 0.3) is 0 Å². The highest BCUT2D eigenvalue weighted by atomic mass is 16.1. The van der Waals surface area contributed by atoms with E-state index in [9.17, 15) is 4.79 Å². The third-order valence-corrected chi connectivity index (χ3v) is 4.84. The highest BCUT2D eigenvalue weighted by Crippen LogP contribution is 2.27. The van der Waals surface area contributed by atoms with Crippen LogP contribution >= 0.6 is 0 Å². The average Bonchev–Trinajstić information content (AvgIpc) is 3.03. The summed E-state index contributed by atoms with van der Waals surface area (Å²) >= 11 is 0. The van der Waals surface area contributed by atoms with Crippen LogP contribution in [0.5, 0.6) is 0 Å². The monoisotopic (exact) mass is 351 g/mol. The van der Waals surface area contributed by atoms with Crippen LogP contribution in [0, 0.1) is 12.8 Å². The summed E-state index contributed by atoms with van der Waals surface area (Å²) in [6.45, 7) is 3.54. The molecule has 1 fully saturated rings. The van der Waals surface area contributed by atoms with Gasteiger partial charge in [0.05, 0.1) is 11.6 Å². The zero-order valence-electron chi connectivity index (χ0n) is 14.9. The summed E-state index contributed by atoms with van der Waals surface area (Å²) in [6.07, 6.45) is 6.64. The van der Waals surface area contributed by atoms with Gasteiger partial charge in [0.1, 0.15) is 18.0 Å². The van der Waals surface area contributed by atoms with Gasteiger partial charge < -0.3 is 10.2 Å². The summed E-state index contributed by atoms with van der Waals surface area (Å²) in [5.41, 5.74) is 1.90. The summed E-state index contributed by atoms with van der Waals surface area (Å²) in [4.78, 5) is 27.7. The van der Waals surface area contributed by atoms with Gasteiger partial charge in [0.2, 0.25) is 5.91 Å². The third-order valence-electron chi connectivity index (χ3n) is 4.84. The third kappa shape index (κ3) is 3.10. The number of aryl methyl sites for hydroxylation is 2. The molecular weight excluding hydrogens is 330 g/mol. The molecule has 3 aromatic heterocycles. The van der Waals surface area contributed by atoms with Gasteiger partial charge in [-0.05, 0) is 37.5 Å². The van der Waals surface area contributed by atoms with E-state index in [-0.39, 0.29) is 11.8 Å². The zero-order valence-corrected chi connectivity index (χ0v) is 14.9. The van der Waals surface area contributed by atoms with Crippen molar-refractivity contribution in [3.05, 3.63) is 36.4 Å². The van der Waals surface area contributed by atoms with Crippen LogP contribution in [0.3, 0.4) is 0 Å². The van der Waals surface area contributed by atoms with Crippen molar-refractivity contribution in [3.8, 4) is 0 Å². The van der Waals surface area contributed by atoms with E-state index < -0.39 is 0 Å². The van der Waals surface area contributed by atoms with Crippen molar-refractivity contribution < 1.29 is 4.79 Å². The number of carbonyl (C=O) groups excluding carboxylic acids is 1. The fourth-order valence-corrected chi connectivity index (χ4v) is 3.39. The van der Waals surface area contributed by atoms with E-state index in [1.54, 1.807) is 23.4 Å². The number of hydrogen-bond acceptors (Lipinski definition) is 6. The SMILES string of the molecule is Cc1ccnc(NC(=O)C2CCN(c3ncnc4c3cnn4C)CC2)c1. The molecular formula is C18H21N7O. The first-order valence-electron chi connectivity index (χ1n) is 8.73. The number of piperidine rings is 1. The molecule has 0 atom stereocenters. The van der Waals surface area contributed by atoms with E-state index in [2.05, 4.69) is 30.3 Å². The Balaban J connectivity index is 1.43. The van der Waals surface area contributed by atoms with Crippen molar-refractivity contribution in [3.63, 3.8) is 0 Å². The van der Waals surface area contributed by atoms with Gasteiger partial charge in [-0.3, -0.25) is 9.48 Å². The Morgan fingerprint density at radius 1 is 1.23 bits per heavy atom. The predicted octanol–water partition coefficient (Wildman–Crippen LogP) is 1.92. The molecule has 1 aliphatic heterocycles. The average molecular weight is 351 g/mol. The minimum atomic E-state index is -0.0141. The highest BCUT2D eigenvalue weighted by Gasteiger charge is 2.27. The van der Waals surface area contributed by atoms with Crippen molar-refractivity contribution in [1.82, 2.24) is 24.7 Å². The second-order valence-corrected chi connectivity index (χ2v) is 6.67. The highest BCUT2D eigenvalue weighted by molar-refractivity contribution is 5.92. The molecule has 1 saturated heterocycles. The van der Waals surface area contributed by atoms with E-state index in [0.717, 1.165) is 48.3 Å². The van der Waals surface area contributed by atoms with Gasteiger partial charge >= 0.3 is 0 Å². The van der Waals surface area contributed by atoms with Gasteiger partial charge in [-0.1, -0.05) is 0 Å². The van der Waals surface area contributed by atoms with Crippen molar-refractivity contribution in [2.75, 3.05) is 23.3 Å². The predicted molar refractivity (Wildman–Crippen MR) is 98.8 cm³/mol. The lowest BCUT2D eigenvalue weighted by molar-refractivity contribution is -0.120. The van der Waals surface area contributed by atoms with Crippen molar-refractivity contribution >= 4 is 28.6 Å². The number of amides is 1. The van der Waals surface area contributed by atoms with Gasteiger partial charge in [0, 0.05) is 32.3 Å². The molecule has 4 rings (SSSR count). The maximum atomic E-state index is 12.5. The molecule has 0 saturated carbocycles. The van der Waals surface area contributed by atoms with Crippen LogP contribution in [-0.4, -0.2) is 43.7 Å². The largest absolute Gasteiger partial charge is 0.356 e. The second-order valence-electron chi connectivity index (χ2n) is 6.67. The Labute approximate surface area is 151 Å². The summed E-state index contributed by atoms with van der Waals surface area (Å²) in [5, 5.41) is 8.14. The van der Waals surface area contributed by atoms with Crippen LogP contribution in [0.15, 0.2) is 30.9 Å². The van der Waals surface area contributed by atoms with E-state index >= 15 is 0 Å². The summed E-state index contributed by atoms with van der Waals surface area (Å²) in [7, 11) is 1.87. The Hall–Kier alpha value is -3.03. The first kappa shape index (κ1) is 16.4. The molecule has 0 spiro atoms. The number of nitrogens with one attached hydrogen (secondary N) is 1. The normalized spacial score (nSPS) is 15.4. The van der Waals surface area contributed by atoms with Crippen LogP contribution in [0.2, 0.25) is 0 Å². The van der Waals surface area contributed by atoms with E-state index in [4.69, 9.17) is 0 Å². The molecule has 0 aliphatic carbocycles. The van der Waals surface area contributed by atoms with Crippen LogP contribution in [-0.2, 0) is 11.8 Å². The number of anilines is 2. The quantitative estimate of drug-likeness (QED) is 0.775. The van der Waals surface area contributed by atoms with Crippen molar-refractivity contribution in [2.24, 2.45) is 13.0 Å². The minimum absolute atomic E-state index is 0.0141.